The van der Waals surface area contributed by atoms with Crippen molar-refractivity contribution >= 4 is 11.6 Å². The van der Waals surface area contributed by atoms with Gasteiger partial charge in [0.1, 0.15) is 0 Å². The molecule has 1 aromatic heterocycles. The molecule has 0 radical (unpaired) electrons. The van der Waals surface area contributed by atoms with Crippen molar-refractivity contribution in [1.29, 1.82) is 0 Å². The molecule has 1 heterocycles. The first-order valence-electron chi connectivity index (χ1n) is 7.07. The predicted molar refractivity (Wildman–Crippen MR) is 89.8 cm³/mol. The minimum Gasteiger partial charge on any atom is -0.493 e. The number of nitrogens with zero attached hydrogens (tertiary/aromatic N) is 2. The van der Waals surface area contributed by atoms with E-state index in [1.807, 2.05) is 18.2 Å². The van der Waals surface area contributed by atoms with E-state index in [-0.39, 0.29) is 0 Å². The Morgan fingerprint density at radius 3 is 2.21 bits per heavy atom. The van der Waals surface area contributed by atoms with Crippen molar-refractivity contribution in [1.82, 2.24) is 10.1 Å². The highest BCUT2D eigenvalue weighted by molar-refractivity contribution is 6.33. The fourth-order valence-corrected chi connectivity index (χ4v) is 2.51. The summed E-state index contributed by atoms with van der Waals surface area (Å²) in [6, 6.07) is 10.8. The number of ether oxygens (including phenoxy) is 3. The number of rotatable bonds is 5. The minimum absolute atomic E-state index is 0.337. The van der Waals surface area contributed by atoms with Crippen LogP contribution in [0.3, 0.4) is 0 Å². The monoisotopic (exact) mass is 346 g/mol. The second kappa shape index (κ2) is 6.80. The Bertz CT molecular complexity index is 838. The largest absolute Gasteiger partial charge is 0.493 e. The van der Waals surface area contributed by atoms with Crippen LogP contribution in [0.25, 0.3) is 22.8 Å². The molecule has 3 rings (SSSR count). The lowest BCUT2D eigenvalue weighted by Gasteiger charge is -2.12. The minimum atomic E-state index is 0.337. The van der Waals surface area contributed by atoms with Crippen molar-refractivity contribution < 1.29 is 18.7 Å². The molecule has 0 aliphatic heterocycles. The van der Waals surface area contributed by atoms with E-state index in [0.29, 0.717) is 45.1 Å². The molecule has 124 valence electrons. The van der Waals surface area contributed by atoms with Crippen molar-refractivity contribution in [3.05, 3.63) is 41.4 Å². The molecule has 3 aromatic rings. The normalized spacial score (nSPS) is 10.5. The van der Waals surface area contributed by atoms with E-state index in [4.69, 9.17) is 30.3 Å². The molecule has 0 bridgehead atoms. The van der Waals surface area contributed by atoms with Crippen LogP contribution in [-0.2, 0) is 0 Å². The lowest BCUT2D eigenvalue weighted by atomic mass is 10.1. The van der Waals surface area contributed by atoms with Crippen LogP contribution in [0, 0.1) is 0 Å². The number of hydrogen-bond donors (Lipinski definition) is 0. The first-order chi connectivity index (χ1) is 11.7. The molecule has 0 N–H and O–H groups in total. The van der Waals surface area contributed by atoms with E-state index in [1.54, 1.807) is 39.5 Å². The van der Waals surface area contributed by atoms with E-state index in [0.717, 1.165) is 0 Å². The first kappa shape index (κ1) is 16.1. The maximum absolute atomic E-state index is 6.16. The molecule has 0 saturated carbocycles. The highest BCUT2D eigenvalue weighted by Crippen LogP contribution is 2.41. The fraction of sp³-hybridized carbons (Fsp3) is 0.176. The van der Waals surface area contributed by atoms with Crippen LogP contribution in [-0.4, -0.2) is 31.5 Å². The Morgan fingerprint density at radius 2 is 1.62 bits per heavy atom. The van der Waals surface area contributed by atoms with E-state index in [1.165, 1.54) is 0 Å². The van der Waals surface area contributed by atoms with Gasteiger partial charge in [-0.15, -0.1) is 0 Å². The molecule has 2 aromatic carbocycles. The van der Waals surface area contributed by atoms with Gasteiger partial charge in [-0.25, -0.2) is 0 Å². The summed E-state index contributed by atoms with van der Waals surface area (Å²) in [4.78, 5) is 4.40. The van der Waals surface area contributed by atoms with Gasteiger partial charge >= 0.3 is 0 Å². The maximum atomic E-state index is 6.16. The number of methoxy groups -OCH3 is 3. The second-order valence-electron chi connectivity index (χ2n) is 4.82. The highest BCUT2D eigenvalue weighted by atomic mass is 35.5. The molecule has 7 heteroatoms. The third-order valence-corrected chi connectivity index (χ3v) is 3.78. The lowest BCUT2D eigenvalue weighted by molar-refractivity contribution is 0.324. The molecular formula is C17H15ClN2O4. The van der Waals surface area contributed by atoms with Crippen molar-refractivity contribution in [2.75, 3.05) is 21.3 Å². The van der Waals surface area contributed by atoms with Gasteiger partial charge in [0.2, 0.25) is 11.6 Å². The molecule has 0 amide bonds. The van der Waals surface area contributed by atoms with Gasteiger partial charge in [-0.3, -0.25) is 0 Å². The molecule has 24 heavy (non-hydrogen) atoms. The zero-order valence-corrected chi connectivity index (χ0v) is 14.1. The quantitative estimate of drug-likeness (QED) is 0.693. The lowest BCUT2D eigenvalue weighted by Crippen LogP contribution is -1.96. The summed E-state index contributed by atoms with van der Waals surface area (Å²) in [5, 5.41) is 4.55. The van der Waals surface area contributed by atoms with Crippen LogP contribution in [0.2, 0.25) is 5.02 Å². The van der Waals surface area contributed by atoms with E-state index in [2.05, 4.69) is 10.1 Å². The SMILES string of the molecule is COc1cc(-c2noc(-c3ccccc3Cl)n2)cc(OC)c1OC. The summed E-state index contributed by atoms with van der Waals surface area (Å²) in [5.74, 6) is 2.25. The second-order valence-corrected chi connectivity index (χ2v) is 5.22. The van der Waals surface area contributed by atoms with Gasteiger partial charge in [0.05, 0.1) is 31.9 Å². The van der Waals surface area contributed by atoms with Gasteiger partial charge < -0.3 is 18.7 Å². The Balaban J connectivity index is 2.06. The molecule has 0 unspecified atom stereocenters. The summed E-state index contributed by atoms with van der Waals surface area (Å²) < 4.78 is 21.3. The number of aromatic nitrogens is 2. The van der Waals surface area contributed by atoms with Crippen LogP contribution in [0.15, 0.2) is 40.9 Å². The zero-order chi connectivity index (χ0) is 17.1. The van der Waals surface area contributed by atoms with Gasteiger partial charge in [-0.2, -0.15) is 4.98 Å². The first-order valence-corrected chi connectivity index (χ1v) is 7.44. The summed E-state index contributed by atoms with van der Waals surface area (Å²) in [6.07, 6.45) is 0. The average Bonchev–Trinajstić information content (AvgIpc) is 3.10. The molecule has 0 saturated heterocycles. The summed E-state index contributed by atoms with van der Waals surface area (Å²) in [5.41, 5.74) is 1.34. The smallest absolute Gasteiger partial charge is 0.259 e. The zero-order valence-electron chi connectivity index (χ0n) is 13.4. The van der Waals surface area contributed by atoms with E-state index < -0.39 is 0 Å². The maximum Gasteiger partial charge on any atom is 0.259 e. The summed E-state index contributed by atoms with van der Waals surface area (Å²) >= 11 is 6.16. The van der Waals surface area contributed by atoms with Gasteiger partial charge in [0.25, 0.3) is 5.89 Å². The van der Waals surface area contributed by atoms with Crippen LogP contribution in [0.4, 0.5) is 0 Å². The third-order valence-electron chi connectivity index (χ3n) is 3.45. The Hall–Kier alpha value is -2.73. The van der Waals surface area contributed by atoms with Crippen molar-refractivity contribution in [2.45, 2.75) is 0 Å². The number of halogens is 1. The van der Waals surface area contributed by atoms with E-state index in [9.17, 15) is 0 Å². The topological polar surface area (TPSA) is 66.6 Å². The number of benzene rings is 2. The van der Waals surface area contributed by atoms with Crippen LogP contribution in [0.1, 0.15) is 0 Å². The molecule has 0 spiro atoms. The number of hydrogen-bond acceptors (Lipinski definition) is 6. The van der Waals surface area contributed by atoms with Crippen molar-refractivity contribution in [3.8, 4) is 40.1 Å². The Labute approximate surface area is 143 Å². The molecule has 0 aliphatic rings. The Morgan fingerprint density at radius 1 is 0.958 bits per heavy atom. The Kier molecular flexibility index (Phi) is 4.57. The average molecular weight is 347 g/mol. The fourth-order valence-electron chi connectivity index (χ4n) is 2.29. The van der Waals surface area contributed by atoms with Crippen LogP contribution < -0.4 is 14.2 Å². The van der Waals surface area contributed by atoms with Crippen molar-refractivity contribution in [3.63, 3.8) is 0 Å². The van der Waals surface area contributed by atoms with Crippen molar-refractivity contribution in [2.24, 2.45) is 0 Å². The molecular weight excluding hydrogens is 332 g/mol. The highest BCUT2D eigenvalue weighted by Gasteiger charge is 2.18. The molecule has 0 fully saturated rings. The van der Waals surface area contributed by atoms with Gasteiger partial charge in [-0.1, -0.05) is 28.9 Å². The van der Waals surface area contributed by atoms with Gasteiger partial charge in [-0.05, 0) is 24.3 Å². The predicted octanol–water partition coefficient (Wildman–Crippen LogP) is 4.08. The standard InChI is InChI=1S/C17H15ClN2O4/c1-21-13-8-10(9-14(22-2)15(13)23-3)16-19-17(24-20-16)11-6-4-5-7-12(11)18/h4-9H,1-3H3. The summed E-state index contributed by atoms with van der Waals surface area (Å²) in [7, 11) is 4.64. The molecule has 6 nitrogen and oxygen atoms in total. The van der Waals surface area contributed by atoms with Crippen LogP contribution >= 0.6 is 11.6 Å². The summed E-state index contributed by atoms with van der Waals surface area (Å²) in [6.45, 7) is 0. The third kappa shape index (κ3) is 2.88. The van der Waals surface area contributed by atoms with Gasteiger partial charge in [0, 0.05) is 5.56 Å². The molecule has 0 aliphatic carbocycles. The van der Waals surface area contributed by atoms with E-state index >= 15 is 0 Å². The van der Waals surface area contributed by atoms with Crippen LogP contribution in [0.5, 0.6) is 17.2 Å². The van der Waals surface area contributed by atoms with Gasteiger partial charge in [0.15, 0.2) is 11.5 Å². The molecule has 0 atom stereocenters.